The van der Waals surface area contributed by atoms with Gasteiger partial charge in [0.1, 0.15) is 0 Å². The Bertz CT molecular complexity index is 361. The first-order valence-electron chi connectivity index (χ1n) is 10.7. The molecular formula is C22H41NO2. The minimum atomic E-state index is 0.163. The molecule has 1 aliphatic heterocycles. The molecule has 0 aliphatic carbocycles. The number of morpholine rings is 1. The Kier molecular flexibility index (Phi) is 12.8. The number of hydrogen-bond donors (Lipinski definition) is 0. The number of nitrogens with zero attached hydrogens (tertiary/aromatic N) is 1. The van der Waals surface area contributed by atoms with Gasteiger partial charge in [-0.15, -0.1) is 0 Å². The molecule has 0 aromatic heterocycles. The highest BCUT2D eigenvalue weighted by Crippen LogP contribution is 2.19. The van der Waals surface area contributed by atoms with E-state index >= 15 is 0 Å². The van der Waals surface area contributed by atoms with Crippen molar-refractivity contribution >= 4 is 5.91 Å². The second-order valence-corrected chi connectivity index (χ2v) is 7.77. The molecule has 3 heteroatoms. The van der Waals surface area contributed by atoms with E-state index in [1.165, 1.54) is 57.8 Å². The molecule has 0 aromatic rings. The van der Waals surface area contributed by atoms with Crippen LogP contribution in [0.1, 0.15) is 85.0 Å². The Morgan fingerprint density at radius 1 is 0.960 bits per heavy atom. The van der Waals surface area contributed by atoms with Crippen LogP contribution in [0, 0.1) is 11.8 Å². The van der Waals surface area contributed by atoms with Crippen molar-refractivity contribution in [1.29, 1.82) is 0 Å². The van der Waals surface area contributed by atoms with Crippen molar-refractivity contribution < 1.29 is 9.53 Å². The van der Waals surface area contributed by atoms with Gasteiger partial charge in [-0.2, -0.15) is 0 Å². The van der Waals surface area contributed by atoms with Crippen molar-refractivity contribution in [3.05, 3.63) is 12.2 Å². The highest BCUT2D eigenvalue weighted by molar-refractivity contribution is 5.78. The molecule has 1 fully saturated rings. The third-order valence-electron chi connectivity index (χ3n) is 5.29. The molecule has 0 saturated carbocycles. The number of unbranched alkanes of at least 4 members (excludes halogenated alkanes) is 4. The highest BCUT2D eigenvalue weighted by atomic mass is 16.5. The van der Waals surface area contributed by atoms with Gasteiger partial charge in [-0.3, -0.25) is 4.79 Å². The average Bonchev–Trinajstić information content (AvgIpc) is 2.64. The first kappa shape index (κ1) is 22.2. The predicted octanol–water partition coefficient (Wildman–Crippen LogP) is 5.59. The van der Waals surface area contributed by atoms with Crippen LogP contribution in [0.5, 0.6) is 0 Å². The first-order chi connectivity index (χ1) is 12.1. The van der Waals surface area contributed by atoms with E-state index in [0.717, 1.165) is 25.4 Å². The van der Waals surface area contributed by atoms with E-state index in [9.17, 15) is 4.79 Å². The minimum Gasteiger partial charge on any atom is -0.378 e. The normalized spacial score (nSPS) is 17.8. The molecule has 2 unspecified atom stereocenters. The Balaban J connectivity index is 2.01. The molecule has 0 N–H and O–H groups in total. The first-order valence-corrected chi connectivity index (χ1v) is 10.7. The Labute approximate surface area is 156 Å². The van der Waals surface area contributed by atoms with Gasteiger partial charge in [0, 0.05) is 19.0 Å². The van der Waals surface area contributed by atoms with Gasteiger partial charge >= 0.3 is 0 Å². The third-order valence-corrected chi connectivity index (χ3v) is 5.29. The maximum Gasteiger partial charge on any atom is 0.225 e. The zero-order valence-electron chi connectivity index (χ0n) is 17.0. The highest BCUT2D eigenvalue weighted by Gasteiger charge is 2.22. The molecule has 1 rings (SSSR count). The minimum absolute atomic E-state index is 0.163. The SMILES string of the molecule is CCCCC/C=C/CCCC(C)CCCC(C)C(=O)N1CCOCC1. The summed E-state index contributed by atoms with van der Waals surface area (Å²) in [6.45, 7) is 9.64. The molecule has 0 radical (unpaired) electrons. The van der Waals surface area contributed by atoms with Crippen LogP contribution >= 0.6 is 0 Å². The lowest BCUT2D eigenvalue weighted by Gasteiger charge is -2.29. The van der Waals surface area contributed by atoms with Crippen LogP contribution in [-0.4, -0.2) is 37.1 Å². The van der Waals surface area contributed by atoms with Crippen LogP contribution in [0.15, 0.2) is 12.2 Å². The number of allylic oxidation sites excluding steroid dienone is 2. The lowest BCUT2D eigenvalue weighted by atomic mass is 9.94. The quantitative estimate of drug-likeness (QED) is 0.319. The van der Waals surface area contributed by atoms with Gasteiger partial charge in [0.05, 0.1) is 13.2 Å². The molecule has 25 heavy (non-hydrogen) atoms. The van der Waals surface area contributed by atoms with E-state index in [1.54, 1.807) is 0 Å². The predicted molar refractivity (Wildman–Crippen MR) is 107 cm³/mol. The summed E-state index contributed by atoms with van der Waals surface area (Å²) in [5.74, 6) is 1.26. The average molecular weight is 352 g/mol. The molecule has 0 aromatic carbocycles. The monoisotopic (exact) mass is 351 g/mol. The number of ether oxygens (including phenoxy) is 1. The van der Waals surface area contributed by atoms with Gasteiger partial charge in [-0.05, 0) is 38.0 Å². The van der Waals surface area contributed by atoms with E-state index in [0.29, 0.717) is 19.1 Å². The molecule has 2 atom stereocenters. The van der Waals surface area contributed by atoms with Gasteiger partial charge in [-0.25, -0.2) is 0 Å². The van der Waals surface area contributed by atoms with Gasteiger partial charge in [0.25, 0.3) is 0 Å². The second-order valence-electron chi connectivity index (χ2n) is 7.77. The Morgan fingerprint density at radius 3 is 2.28 bits per heavy atom. The summed E-state index contributed by atoms with van der Waals surface area (Å²) in [6.07, 6.45) is 17.3. The number of amides is 1. The molecule has 1 saturated heterocycles. The van der Waals surface area contributed by atoms with Crippen molar-refractivity contribution in [3.63, 3.8) is 0 Å². The number of hydrogen-bond acceptors (Lipinski definition) is 2. The third kappa shape index (κ3) is 10.7. The summed E-state index contributed by atoms with van der Waals surface area (Å²) in [7, 11) is 0. The molecule has 1 heterocycles. The van der Waals surface area contributed by atoms with Crippen LogP contribution in [0.25, 0.3) is 0 Å². The fraction of sp³-hybridized carbons (Fsp3) is 0.864. The summed E-state index contributed by atoms with van der Waals surface area (Å²) in [6, 6.07) is 0. The van der Waals surface area contributed by atoms with Crippen molar-refractivity contribution in [2.45, 2.75) is 85.0 Å². The standard InChI is InChI=1S/C22H41NO2/c1-4-5-6-7-8-9-10-11-13-20(2)14-12-15-21(3)22(24)23-16-18-25-19-17-23/h8-9,20-21H,4-7,10-19H2,1-3H3/b9-8+. The summed E-state index contributed by atoms with van der Waals surface area (Å²) in [5, 5.41) is 0. The largest absolute Gasteiger partial charge is 0.378 e. The van der Waals surface area contributed by atoms with Crippen LogP contribution in [0.2, 0.25) is 0 Å². The van der Waals surface area contributed by atoms with Crippen LogP contribution in [0.4, 0.5) is 0 Å². The molecule has 3 nitrogen and oxygen atoms in total. The van der Waals surface area contributed by atoms with Gasteiger partial charge < -0.3 is 9.64 Å². The van der Waals surface area contributed by atoms with Gasteiger partial charge in [0.2, 0.25) is 5.91 Å². The number of rotatable bonds is 13. The molecule has 1 aliphatic rings. The van der Waals surface area contributed by atoms with Crippen LogP contribution < -0.4 is 0 Å². The zero-order chi connectivity index (χ0) is 18.3. The smallest absolute Gasteiger partial charge is 0.225 e. The summed E-state index contributed by atoms with van der Waals surface area (Å²) in [4.78, 5) is 14.4. The maximum absolute atomic E-state index is 12.4. The van der Waals surface area contributed by atoms with E-state index < -0.39 is 0 Å². The fourth-order valence-corrected chi connectivity index (χ4v) is 3.47. The summed E-state index contributed by atoms with van der Waals surface area (Å²) in [5.41, 5.74) is 0. The summed E-state index contributed by atoms with van der Waals surface area (Å²) < 4.78 is 5.32. The van der Waals surface area contributed by atoms with Gasteiger partial charge in [-0.1, -0.05) is 65.0 Å². The molecule has 0 bridgehead atoms. The summed E-state index contributed by atoms with van der Waals surface area (Å²) >= 11 is 0. The van der Waals surface area contributed by atoms with Crippen molar-refractivity contribution in [2.75, 3.05) is 26.3 Å². The lowest BCUT2D eigenvalue weighted by Crippen LogP contribution is -2.43. The lowest BCUT2D eigenvalue weighted by molar-refractivity contribution is -0.139. The van der Waals surface area contributed by atoms with E-state index in [-0.39, 0.29) is 5.92 Å². The van der Waals surface area contributed by atoms with E-state index in [2.05, 4.69) is 32.9 Å². The second kappa shape index (κ2) is 14.4. The van der Waals surface area contributed by atoms with Crippen LogP contribution in [-0.2, 0) is 9.53 Å². The fourth-order valence-electron chi connectivity index (χ4n) is 3.47. The Morgan fingerprint density at radius 2 is 1.60 bits per heavy atom. The maximum atomic E-state index is 12.4. The number of carbonyl (C=O) groups excluding carboxylic acids is 1. The van der Waals surface area contributed by atoms with E-state index in [4.69, 9.17) is 4.74 Å². The van der Waals surface area contributed by atoms with Crippen molar-refractivity contribution in [1.82, 2.24) is 4.90 Å². The van der Waals surface area contributed by atoms with E-state index in [1.807, 2.05) is 4.90 Å². The van der Waals surface area contributed by atoms with Crippen molar-refractivity contribution in [3.8, 4) is 0 Å². The Hall–Kier alpha value is -0.830. The van der Waals surface area contributed by atoms with Crippen molar-refractivity contribution in [2.24, 2.45) is 11.8 Å². The molecule has 0 spiro atoms. The zero-order valence-corrected chi connectivity index (χ0v) is 17.0. The van der Waals surface area contributed by atoms with Gasteiger partial charge in [0.15, 0.2) is 0 Å². The van der Waals surface area contributed by atoms with Crippen LogP contribution in [0.3, 0.4) is 0 Å². The molecule has 1 amide bonds. The number of carbonyl (C=O) groups is 1. The topological polar surface area (TPSA) is 29.5 Å². The molecule has 146 valence electrons. The molecular weight excluding hydrogens is 310 g/mol.